The van der Waals surface area contributed by atoms with E-state index in [0.29, 0.717) is 11.8 Å². The van der Waals surface area contributed by atoms with Crippen LogP contribution in [0.4, 0.5) is 0 Å². The Morgan fingerprint density at radius 3 is 2.55 bits per heavy atom. The molecule has 1 atom stereocenters. The SMILES string of the molecule is Cc1cccc(-c2nnc([C@@H](C)N3CCN(C/C=C/c4ccccc4)CC3)o2)c1. The Hall–Kier alpha value is -2.76. The quantitative estimate of drug-likeness (QED) is 0.625. The second-order valence-corrected chi connectivity index (χ2v) is 7.64. The summed E-state index contributed by atoms with van der Waals surface area (Å²) in [6, 6.07) is 18.7. The molecule has 1 aliphatic heterocycles. The van der Waals surface area contributed by atoms with Gasteiger partial charge in [-0.25, -0.2) is 0 Å². The van der Waals surface area contributed by atoms with Gasteiger partial charge in [0.2, 0.25) is 11.8 Å². The van der Waals surface area contributed by atoms with E-state index in [1.54, 1.807) is 0 Å². The maximum Gasteiger partial charge on any atom is 0.247 e. The second kappa shape index (κ2) is 9.16. The lowest BCUT2D eigenvalue weighted by atomic mass is 10.1. The molecule has 0 bridgehead atoms. The summed E-state index contributed by atoms with van der Waals surface area (Å²) in [7, 11) is 0. The zero-order chi connectivity index (χ0) is 20.1. The van der Waals surface area contributed by atoms with Crippen LogP contribution in [0.3, 0.4) is 0 Å². The molecular weight excluding hydrogens is 360 g/mol. The van der Waals surface area contributed by atoms with Gasteiger partial charge in [-0.15, -0.1) is 10.2 Å². The predicted octanol–water partition coefficient (Wildman–Crippen LogP) is 4.44. The molecule has 0 radical (unpaired) electrons. The molecule has 1 aromatic heterocycles. The van der Waals surface area contributed by atoms with Crippen molar-refractivity contribution in [3.8, 4) is 11.5 Å². The highest BCUT2D eigenvalue weighted by Gasteiger charge is 2.25. The van der Waals surface area contributed by atoms with Crippen LogP contribution in [-0.4, -0.2) is 52.7 Å². The first kappa shape index (κ1) is 19.6. The van der Waals surface area contributed by atoms with Crippen molar-refractivity contribution in [1.82, 2.24) is 20.0 Å². The molecular formula is C24H28N4O. The number of aryl methyl sites for hydroxylation is 1. The summed E-state index contributed by atoms with van der Waals surface area (Å²) < 4.78 is 5.99. The van der Waals surface area contributed by atoms with Crippen LogP contribution in [0.2, 0.25) is 0 Å². The minimum absolute atomic E-state index is 0.128. The molecule has 5 heteroatoms. The van der Waals surface area contributed by atoms with E-state index in [1.165, 1.54) is 11.1 Å². The van der Waals surface area contributed by atoms with Gasteiger partial charge in [0.05, 0.1) is 6.04 Å². The van der Waals surface area contributed by atoms with Gasteiger partial charge in [-0.1, -0.05) is 60.2 Å². The van der Waals surface area contributed by atoms with E-state index in [-0.39, 0.29) is 6.04 Å². The number of nitrogens with zero attached hydrogens (tertiary/aromatic N) is 4. The number of piperazine rings is 1. The Balaban J connectivity index is 1.30. The van der Waals surface area contributed by atoms with Crippen LogP contribution in [0.1, 0.15) is 30.0 Å². The number of hydrogen-bond donors (Lipinski definition) is 0. The van der Waals surface area contributed by atoms with Crippen molar-refractivity contribution in [3.05, 3.63) is 77.7 Å². The fraction of sp³-hybridized carbons (Fsp3) is 0.333. The molecule has 2 heterocycles. The molecule has 0 saturated carbocycles. The van der Waals surface area contributed by atoms with Crippen LogP contribution < -0.4 is 0 Å². The molecule has 0 amide bonds. The molecule has 1 fully saturated rings. The van der Waals surface area contributed by atoms with Gasteiger partial charge < -0.3 is 4.42 Å². The number of aromatic nitrogens is 2. The third kappa shape index (κ3) is 5.00. The lowest BCUT2D eigenvalue weighted by Gasteiger charge is -2.36. The van der Waals surface area contributed by atoms with Gasteiger partial charge >= 0.3 is 0 Å². The van der Waals surface area contributed by atoms with E-state index in [9.17, 15) is 0 Å². The normalized spacial score (nSPS) is 17.0. The Morgan fingerprint density at radius 2 is 1.79 bits per heavy atom. The van der Waals surface area contributed by atoms with E-state index in [4.69, 9.17) is 4.42 Å². The molecule has 0 N–H and O–H groups in total. The summed E-state index contributed by atoms with van der Waals surface area (Å²) in [5, 5.41) is 8.58. The van der Waals surface area contributed by atoms with Crippen LogP contribution >= 0.6 is 0 Å². The number of rotatable bonds is 6. The average Bonchev–Trinajstić information content (AvgIpc) is 3.25. The van der Waals surface area contributed by atoms with Gasteiger partial charge in [0, 0.05) is 38.3 Å². The van der Waals surface area contributed by atoms with E-state index in [2.05, 4.69) is 82.4 Å². The van der Waals surface area contributed by atoms with Gasteiger partial charge in [-0.05, 0) is 31.5 Å². The van der Waals surface area contributed by atoms with Crippen LogP contribution in [0.25, 0.3) is 17.5 Å². The zero-order valence-corrected chi connectivity index (χ0v) is 17.2. The van der Waals surface area contributed by atoms with Crippen molar-refractivity contribution in [2.24, 2.45) is 0 Å². The number of benzene rings is 2. The number of hydrogen-bond acceptors (Lipinski definition) is 5. The van der Waals surface area contributed by atoms with Gasteiger partial charge in [-0.2, -0.15) is 0 Å². The second-order valence-electron chi connectivity index (χ2n) is 7.64. The minimum atomic E-state index is 0.128. The topological polar surface area (TPSA) is 45.4 Å². The highest BCUT2D eigenvalue weighted by molar-refractivity contribution is 5.53. The van der Waals surface area contributed by atoms with E-state index < -0.39 is 0 Å². The predicted molar refractivity (Wildman–Crippen MR) is 116 cm³/mol. The van der Waals surface area contributed by atoms with Crippen molar-refractivity contribution < 1.29 is 4.42 Å². The van der Waals surface area contributed by atoms with Crippen molar-refractivity contribution in [2.75, 3.05) is 32.7 Å². The Labute approximate surface area is 172 Å². The summed E-state index contributed by atoms with van der Waals surface area (Å²) in [5.41, 5.74) is 3.42. The van der Waals surface area contributed by atoms with Gasteiger partial charge in [0.1, 0.15) is 0 Å². The molecule has 5 nitrogen and oxygen atoms in total. The molecule has 150 valence electrons. The van der Waals surface area contributed by atoms with Crippen LogP contribution in [-0.2, 0) is 0 Å². The van der Waals surface area contributed by atoms with E-state index in [0.717, 1.165) is 38.3 Å². The fourth-order valence-electron chi connectivity index (χ4n) is 3.69. The van der Waals surface area contributed by atoms with Gasteiger partial charge in [0.25, 0.3) is 0 Å². The molecule has 1 aliphatic rings. The maximum absolute atomic E-state index is 5.99. The van der Waals surface area contributed by atoms with Crippen molar-refractivity contribution in [1.29, 1.82) is 0 Å². The lowest BCUT2D eigenvalue weighted by Crippen LogP contribution is -2.47. The first-order valence-electron chi connectivity index (χ1n) is 10.3. The molecule has 1 saturated heterocycles. The molecule has 0 aliphatic carbocycles. The first-order chi connectivity index (χ1) is 14.2. The lowest BCUT2D eigenvalue weighted by molar-refractivity contribution is 0.0984. The summed E-state index contributed by atoms with van der Waals surface area (Å²) in [5.74, 6) is 1.29. The van der Waals surface area contributed by atoms with Crippen LogP contribution in [0.15, 0.2) is 65.1 Å². The fourth-order valence-corrected chi connectivity index (χ4v) is 3.69. The molecule has 4 rings (SSSR count). The maximum atomic E-state index is 5.99. The van der Waals surface area contributed by atoms with Gasteiger partial charge in [-0.3, -0.25) is 9.80 Å². The smallest absolute Gasteiger partial charge is 0.247 e. The summed E-state index contributed by atoms with van der Waals surface area (Å²) in [6.45, 7) is 9.29. The Morgan fingerprint density at radius 1 is 1.00 bits per heavy atom. The summed E-state index contributed by atoms with van der Waals surface area (Å²) in [4.78, 5) is 4.90. The van der Waals surface area contributed by atoms with Crippen LogP contribution in [0, 0.1) is 6.92 Å². The third-order valence-electron chi connectivity index (χ3n) is 5.49. The standard InChI is InChI=1S/C24H28N4O/c1-19-8-6-12-22(18-19)24-26-25-23(29-24)20(2)28-16-14-27(15-17-28)13-7-11-21-9-4-3-5-10-21/h3-12,18,20H,13-17H2,1-2H3/b11-7+/t20-/m1/s1. The summed E-state index contributed by atoms with van der Waals surface area (Å²) in [6.07, 6.45) is 4.45. The third-order valence-corrected chi connectivity index (χ3v) is 5.49. The average molecular weight is 389 g/mol. The first-order valence-corrected chi connectivity index (χ1v) is 10.3. The highest BCUT2D eigenvalue weighted by Crippen LogP contribution is 2.25. The molecule has 0 unspecified atom stereocenters. The van der Waals surface area contributed by atoms with E-state index in [1.807, 2.05) is 18.2 Å². The Bertz CT molecular complexity index is 942. The van der Waals surface area contributed by atoms with E-state index >= 15 is 0 Å². The molecule has 29 heavy (non-hydrogen) atoms. The largest absolute Gasteiger partial charge is 0.419 e. The Kier molecular flexibility index (Phi) is 6.17. The van der Waals surface area contributed by atoms with Crippen molar-refractivity contribution in [3.63, 3.8) is 0 Å². The minimum Gasteiger partial charge on any atom is -0.419 e. The zero-order valence-electron chi connectivity index (χ0n) is 17.2. The molecule has 3 aromatic rings. The monoisotopic (exact) mass is 388 g/mol. The molecule has 2 aromatic carbocycles. The highest BCUT2D eigenvalue weighted by atomic mass is 16.4. The van der Waals surface area contributed by atoms with Gasteiger partial charge in [0.15, 0.2) is 0 Å². The molecule has 0 spiro atoms. The summed E-state index contributed by atoms with van der Waals surface area (Å²) >= 11 is 0. The van der Waals surface area contributed by atoms with Crippen molar-refractivity contribution >= 4 is 6.08 Å². The van der Waals surface area contributed by atoms with Crippen LogP contribution in [0.5, 0.6) is 0 Å². The van der Waals surface area contributed by atoms with Crippen molar-refractivity contribution in [2.45, 2.75) is 19.9 Å².